The molecule has 5 aliphatic rings. The number of nitrogens with one attached hydrogen (secondary N) is 3. The molecule has 1 saturated carbocycles. The van der Waals surface area contributed by atoms with Gasteiger partial charge in [0.25, 0.3) is 17.4 Å². The number of halogens is 3. The lowest BCUT2D eigenvalue weighted by atomic mass is 9.83. The van der Waals surface area contributed by atoms with Crippen LogP contribution in [0.1, 0.15) is 98.7 Å². The number of carbonyl (C=O) groups excluding carboxylic acids is 4. The van der Waals surface area contributed by atoms with Gasteiger partial charge in [0.05, 0.1) is 36.2 Å². The van der Waals surface area contributed by atoms with E-state index in [1.165, 1.54) is 34.8 Å². The van der Waals surface area contributed by atoms with Gasteiger partial charge in [-0.25, -0.2) is 13.8 Å². The van der Waals surface area contributed by atoms with Crippen LogP contribution in [-0.2, 0) is 25.7 Å². The van der Waals surface area contributed by atoms with Crippen molar-refractivity contribution in [2.75, 3.05) is 50.1 Å². The second kappa shape index (κ2) is 18.3. The largest absolute Gasteiger partial charge is 0.478 e. The maximum Gasteiger partial charge on any atom is 0.293 e. The molecule has 1 atom stereocenters. The lowest BCUT2D eigenvalue weighted by molar-refractivity contribution is -0.137. The topological polar surface area (TPSA) is 180 Å². The predicted octanol–water partition coefficient (Wildman–Crippen LogP) is 5.33. The highest BCUT2D eigenvalue weighted by molar-refractivity contribution is 6.33. The Kier molecular flexibility index (Phi) is 12.5. The third-order valence-electron chi connectivity index (χ3n) is 13.6. The molecule has 65 heavy (non-hydrogen) atoms. The van der Waals surface area contributed by atoms with Crippen molar-refractivity contribution >= 4 is 63.6 Å². The number of imide groups is 1. The first kappa shape index (κ1) is 44.5. The van der Waals surface area contributed by atoms with Gasteiger partial charge in [-0.15, -0.1) is 0 Å². The Bertz CT molecular complexity index is 2610. The Morgan fingerprint density at radius 1 is 0.969 bits per heavy atom. The Hall–Kier alpha value is -5.72. The average Bonchev–Trinajstić information content (AvgIpc) is 3.62. The molecule has 3 saturated heterocycles. The van der Waals surface area contributed by atoms with E-state index in [2.05, 4.69) is 35.7 Å². The first-order valence-corrected chi connectivity index (χ1v) is 22.8. The number of piperidine rings is 3. The molecular weight excluding hydrogens is 864 g/mol. The summed E-state index contributed by atoms with van der Waals surface area (Å²) in [5.41, 5.74) is 1.23. The molecule has 19 heteroatoms. The summed E-state index contributed by atoms with van der Waals surface area (Å²) in [7, 11) is 1.45. The second-order valence-electron chi connectivity index (χ2n) is 17.9. The lowest BCUT2D eigenvalue weighted by Crippen LogP contribution is -2.52. The SMILES string of the molecule is CNC(=O)COc1cc2c(F)c(Nc3nc(N4CCC(OC5CC(N6CCC(c7ccc8c(c7F)CN(C7CCC(=O)NC7=O)C8=O)CC6)C5)CC4)ncc3Cl)ccc2n(C(C)C)c1=O. The Morgan fingerprint density at radius 3 is 2.43 bits per heavy atom. The van der Waals surface area contributed by atoms with E-state index < -0.39 is 35.8 Å². The van der Waals surface area contributed by atoms with Crippen molar-refractivity contribution in [3.05, 3.63) is 80.2 Å². The molecule has 0 bridgehead atoms. The van der Waals surface area contributed by atoms with Crippen LogP contribution in [0.3, 0.4) is 0 Å². The minimum Gasteiger partial charge on any atom is -0.478 e. The highest BCUT2D eigenvalue weighted by Gasteiger charge is 2.42. The summed E-state index contributed by atoms with van der Waals surface area (Å²) in [5, 5.41) is 8.07. The van der Waals surface area contributed by atoms with E-state index in [0.717, 1.165) is 51.6 Å². The van der Waals surface area contributed by atoms with E-state index in [9.17, 15) is 24.0 Å². The second-order valence-corrected chi connectivity index (χ2v) is 18.3. The molecule has 0 spiro atoms. The van der Waals surface area contributed by atoms with Crippen molar-refractivity contribution < 1.29 is 37.4 Å². The summed E-state index contributed by atoms with van der Waals surface area (Å²) in [6.07, 6.45) is 7.19. The van der Waals surface area contributed by atoms with Gasteiger partial charge in [0, 0.05) is 55.2 Å². The molecule has 2 aromatic heterocycles. The number of amides is 4. The third-order valence-corrected chi connectivity index (χ3v) is 13.9. The molecule has 4 aliphatic heterocycles. The van der Waals surface area contributed by atoms with E-state index in [1.54, 1.807) is 32.0 Å². The van der Waals surface area contributed by atoms with Gasteiger partial charge in [0.15, 0.2) is 24.0 Å². The zero-order chi connectivity index (χ0) is 45.7. The first-order chi connectivity index (χ1) is 31.3. The van der Waals surface area contributed by atoms with Crippen molar-refractivity contribution in [1.29, 1.82) is 0 Å². The molecule has 4 aromatic rings. The number of rotatable bonds is 12. The van der Waals surface area contributed by atoms with Crippen LogP contribution in [0.4, 0.5) is 26.2 Å². The minimum absolute atomic E-state index is 0.0264. The fourth-order valence-corrected chi connectivity index (χ4v) is 10.1. The zero-order valence-electron chi connectivity index (χ0n) is 36.5. The van der Waals surface area contributed by atoms with Crippen molar-refractivity contribution in [3.8, 4) is 5.75 Å². The monoisotopic (exact) mass is 915 g/mol. The number of nitrogens with zero attached hydrogens (tertiary/aromatic N) is 6. The molecule has 3 N–H and O–H groups in total. The maximum absolute atomic E-state index is 16.2. The van der Waals surface area contributed by atoms with Gasteiger partial charge in [-0.3, -0.25) is 29.3 Å². The standard InChI is InChI=1S/C46H52ClF2N9O7/c1-24(2)58-35-7-6-34(41(49)31(35)20-37(45(58)63)64-23-39(60)50-3)52-42-33(47)21-51-46(54-42)56-16-12-27(13-17-56)65-28-18-26(19-28)55-14-10-25(11-15-55)29-4-5-30-32(40(29)48)22-57(44(30)62)36-8-9-38(59)53-43(36)61/h4-7,20-21,24-28,36H,8-19,22-23H2,1-3H3,(H,50,60)(H,51,52,54)(H,53,59,61). The number of benzene rings is 2. The molecule has 344 valence electrons. The molecule has 6 heterocycles. The molecule has 4 amide bonds. The predicted molar refractivity (Wildman–Crippen MR) is 238 cm³/mol. The van der Waals surface area contributed by atoms with E-state index in [0.29, 0.717) is 47.3 Å². The van der Waals surface area contributed by atoms with Crippen LogP contribution in [0.2, 0.25) is 5.02 Å². The van der Waals surface area contributed by atoms with Crippen LogP contribution in [0.25, 0.3) is 10.9 Å². The van der Waals surface area contributed by atoms with E-state index >= 15 is 8.78 Å². The number of ether oxygens (including phenoxy) is 2. The molecule has 16 nitrogen and oxygen atoms in total. The summed E-state index contributed by atoms with van der Waals surface area (Å²) in [6.45, 7) is 6.26. The van der Waals surface area contributed by atoms with Crippen LogP contribution in [0, 0.1) is 11.6 Å². The fraction of sp³-hybridized carbons (Fsp3) is 0.500. The van der Waals surface area contributed by atoms with Crippen molar-refractivity contribution in [2.45, 2.75) is 108 Å². The van der Waals surface area contributed by atoms with Gasteiger partial charge in [-0.1, -0.05) is 17.7 Å². The van der Waals surface area contributed by atoms with Crippen LogP contribution in [0.15, 0.2) is 41.3 Å². The van der Waals surface area contributed by atoms with Gasteiger partial charge in [0.2, 0.25) is 17.8 Å². The Labute approximate surface area is 379 Å². The summed E-state index contributed by atoms with van der Waals surface area (Å²) < 4.78 is 45.7. The molecule has 9 rings (SSSR count). The number of likely N-dealkylation sites (N-methyl/N-ethyl adjacent to an activating group) is 1. The quantitative estimate of drug-likeness (QED) is 0.156. The van der Waals surface area contributed by atoms with Crippen LogP contribution in [-0.4, -0.2) is 112 Å². The van der Waals surface area contributed by atoms with E-state index in [4.69, 9.17) is 21.1 Å². The third kappa shape index (κ3) is 8.75. The molecule has 1 unspecified atom stereocenters. The fourth-order valence-electron chi connectivity index (χ4n) is 9.93. The van der Waals surface area contributed by atoms with Crippen molar-refractivity contribution in [2.24, 2.45) is 0 Å². The Morgan fingerprint density at radius 2 is 1.72 bits per heavy atom. The van der Waals surface area contributed by atoms with Gasteiger partial charge in [0.1, 0.15) is 16.9 Å². The van der Waals surface area contributed by atoms with Gasteiger partial charge >= 0.3 is 0 Å². The highest BCUT2D eigenvalue weighted by Crippen LogP contribution is 2.40. The van der Waals surface area contributed by atoms with Crippen LogP contribution >= 0.6 is 11.6 Å². The Balaban J connectivity index is 0.756. The summed E-state index contributed by atoms with van der Waals surface area (Å²) >= 11 is 6.52. The van der Waals surface area contributed by atoms with Gasteiger partial charge in [-0.05, 0) is 108 Å². The molecule has 0 radical (unpaired) electrons. The van der Waals surface area contributed by atoms with Crippen molar-refractivity contribution in [3.63, 3.8) is 0 Å². The highest BCUT2D eigenvalue weighted by atomic mass is 35.5. The number of likely N-dealkylation sites (tertiary alicyclic amines) is 1. The molecular formula is C46H52ClF2N9O7. The maximum atomic E-state index is 16.2. The number of anilines is 3. The summed E-state index contributed by atoms with van der Waals surface area (Å²) in [6, 6.07) is 7.22. The lowest BCUT2D eigenvalue weighted by Gasteiger charge is -2.47. The number of aromatic nitrogens is 3. The van der Waals surface area contributed by atoms with E-state index in [-0.39, 0.29) is 88.8 Å². The smallest absolute Gasteiger partial charge is 0.293 e. The van der Waals surface area contributed by atoms with Crippen LogP contribution < -0.4 is 31.1 Å². The van der Waals surface area contributed by atoms with E-state index in [1.807, 2.05) is 0 Å². The normalized spacial score (nSPS) is 22.0. The average molecular weight is 916 g/mol. The number of hydrogen-bond acceptors (Lipinski definition) is 12. The van der Waals surface area contributed by atoms with Crippen LogP contribution in [0.5, 0.6) is 5.75 Å². The zero-order valence-corrected chi connectivity index (χ0v) is 37.3. The summed E-state index contributed by atoms with van der Waals surface area (Å²) in [4.78, 5) is 77.4. The number of hydrogen-bond donors (Lipinski definition) is 3. The van der Waals surface area contributed by atoms with Gasteiger partial charge < -0.3 is 39.4 Å². The first-order valence-electron chi connectivity index (χ1n) is 22.4. The summed E-state index contributed by atoms with van der Waals surface area (Å²) in [5.74, 6) is -2.11. The number of fused-ring (bicyclic) bond motifs is 2. The van der Waals surface area contributed by atoms with Crippen molar-refractivity contribution in [1.82, 2.24) is 35.0 Å². The minimum atomic E-state index is -0.779. The molecule has 4 fully saturated rings. The number of pyridine rings is 1. The number of carbonyl (C=O) groups is 4. The van der Waals surface area contributed by atoms with Gasteiger partial charge in [-0.2, -0.15) is 4.98 Å². The molecule has 2 aromatic carbocycles. The molecule has 1 aliphatic carbocycles.